The Morgan fingerprint density at radius 2 is 2.09 bits per heavy atom. The molecule has 1 aromatic carbocycles. The maximum Gasteiger partial charge on any atom is 0.139 e. The summed E-state index contributed by atoms with van der Waals surface area (Å²) in [6.45, 7) is 5.04. The maximum absolute atomic E-state index is 6.11. The van der Waals surface area contributed by atoms with Crippen molar-refractivity contribution in [3.63, 3.8) is 0 Å². The highest BCUT2D eigenvalue weighted by atomic mass is 35.5. The summed E-state index contributed by atoms with van der Waals surface area (Å²) in [5, 5.41) is 1.74. The second-order valence-electron chi connectivity index (χ2n) is 5.76. The minimum atomic E-state index is 0.622. The first-order valence-electron chi connectivity index (χ1n) is 7.33. The predicted molar refractivity (Wildman–Crippen MR) is 87.2 cm³/mol. The van der Waals surface area contributed by atoms with Crippen LogP contribution in [0.4, 0.5) is 5.82 Å². The lowest BCUT2D eigenvalue weighted by atomic mass is 9.99. The zero-order valence-corrected chi connectivity index (χ0v) is 13.0. The summed E-state index contributed by atoms with van der Waals surface area (Å²) in [4.78, 5) is 15.3. The van der Waals surface area contributed by atoms with Gasteiger partial charge in [-0.1, -0.05) is 11.6 Å². The van der Waals surface area contributed by atoms with Gasteiger partial charge in [0.2, 0.25) is 0 Å². The van der Waals surface area contributed by atoms with Crippen LogP contribution < -0.4 is 4.90 Å². The number of fused-ring (bicyclic) bond motifs is 1. The highest BCUT2D eigenvalue weighted by Crippen LogP contribution is 2.31. The molecule has 2 aromatic heterocycles. The van der Waals surface area contributed by atoms with Crippen molar-refractivity contribution in [1.82, 2.24) is 19.5 Å². The summed E-state index contributed by atoms with van der Waals surface area (Å²) in [7, 11) is 0. The number of aryl methyl sites for hydroxylation is 1. The summed E-state index contributed by atoms with van der Waals surface area (Å²) in [6, 6.07) is 5.75. The first-order chi connectivity index (χ1) is 10.7. The van der Waals surface area contributed by atoms with Gasteiger partial charge in [0.1, 0.15) is 18.0 Å². The minimum Gasteiger partial charge on any atom is -0.355 e. The van der Waals surface area contributed by atoms with Crippen LogP contribution in [0.2, 0.25) is 5.02 Å². The molecule has 0 saturated carbocycles. The normalized spacial score (nSPS) is 15.3. The van der Waals surface area contributed by atoms with Crippen LogP contribution in [0, 0.1) is 12.8 Å². The molecule has 3 heterocycles. The molecule has 1 aliphatic heterocycles. The van der Waals surface area contributed by atoms with E-state index in [-0.39, 0.29) is 0 Å². The van der Waals surface area contributed by atoms with Gasteiger partial charge < -0.3 is 9.47 Å². The molecule has 0 N–H and O–H groups in total. The van der Waals surface area contributed by atoms with E-state index in [1.54, 1.807) is 6.33 Å². The second kappa shape index (κ2) is 5.25. The van der Waals surface area contributed by atoms with Crippen LogP contribution in [0.3, 0.4) is 0 Å². The lowest BCUT2D eigenvalue weighted by molar-refractivity contribution is 0.353. The van der Waals surface area contributed by atoms with E-state index in [1.165, 1.54) is 0 Å². The van der Waals surface area contributed by atoms with E-state index in [0.29, 0.717) is 5.92 Å². The molecule has 112 valence electrons. The van der Waals surface area contributed by atoms with Gasteiger partial charge in [-0.25, -0.2) is 15.0 Å². The molecule has 4 rings (SSSR count). The average Bonchev–Trinajstić information content (AvgIpc) is 2.87. The van der Waals surface area contributed by atoms with Crippen molar-refractivity contribution in [3.8, 4) is 0 Å². The van der Waals surface area contributed by atoms with Crippen LogP contribution in [0.1, 0.15) is 5.82 Å². The molecule has 0 bridgehead atoms. The van der Waals surface area contributed by atoms with Crippen LogP contribution >= 0.6 is 11.6 Å². The first kappa shape index (κ1) is 13.5. The SMILES string of the molecule is Cc1nccn1CC1CN(c2ncnc3ccc(Cl)cc23)C1. The molecular formula is C16H16ClN5. The van der Waals surface area contributed by atoms with Gasteiger partial charge in [0, 0.05) is 48.4 Å². The van der Waals surface area contributed by atoms with Crippen molar-refractivity contribution in [2.45, 2.75) is 13.5 Å². The third-order valence-corrected chi connectivity index (χ3v) is 4.45. The second-order valence-corrected chi connectivity index (χ2v) is 6.19. The Labute approximate surface area is 133 Å². The van der Waals surface area contributed by atoms with Crippen molar-refractivity contribution in [1.29, 1.82) is 0 Å². The molecule has 0 aliphatic carbocycles. The van der Waals surface area contributed by atoms with Crippen LogP contribution in [0.15, 0.2) is 36.9 Å². The van der Waals surface area contributed by atoms with Crippen LogP contribution in [-0.4, -0.2) is 32.6 Å². The smallest absolute Gasteiger partial charge is 0.139 e. The number of aromatic nitrogens is 4. The number of benzene rings is 1. The third-order valence-electron chi connectivity index (χ3n) is 4.21. The Hall–Kier alpha value is -2.14. The van der Waals surface area contributed by atoms with Gasteiger partial charge in [-0.15, -0.1) is 0 Å². The molecule has 0 atom stereocenters. The average molecular weight is 314 g/mol. The largest absolute Gasteiger partial charge is 0.355 e. The van der Waals surface area contributed by atoms with Crippen molar-refractivity contribution in [2.24, 2.45) is 5.92 Å². The standard InChI is InChI=1S/C16H16ClN5/c1-11-18-4-5-21(11)7-12-8-22(9-12)16-14-6-13(17)2-3-15(14)19-10-20-16/h2-6,10,12H,7-9H2,1H3. The van der Waals surface area contributed by atoms with Gasteiger partial charge in [-0.05, 0) is 25.1 Å². The van der Waals surface area contributed by atoms with Gasteiger partial charge >= 0.3 is 0 Å². The predicted octanol–water partition coefficient (Wildman–Crippen LogP) is 2.92. The van der Waals surface area contributed by atoms with E-state index in [9.17, 15) is 0 Å². The highest BCUT2D eigenvalue weighted by molar-refractivity contribution is 6.31. The Balaban J connectivity index is 1.53. The molecular weight excluding hydrogens is 298 g/mol. The number of hydrogen-bond donors (Lipinski definition) is 0. The molecule has 3 aromatic rings. The number of hydrogen-bond acceptors (Lipinski definition) is 4. The Morgan fingerprint density at radius 3 is 2.86 bits per heavy atom. The van der Waals surface area contributed by atoms with Crippen LogP contribution in [0.25, 0.3) is 10.9 Å². The van der Waals surface area contributed by atoms with E-state index in [2.05, 4.69) is 24.4 Å². The molecule has 0 amide bonds. The Kier molecular flexibility index (Phi) is 3.22. The minimum absolute atomic E-state index is 0.622. The molecule has 0 unspecified atom stereocenters. The lowest BCUT2D eigenvalue weighted by Crippen LogP contribution is -2.49. The topological polar surface area (TPSA) is 46.8 Å². The molecule has 5 nitrogen and oxygen atoms in total. The number of halogens is 1. The highest BCUT2D eigenvalue weighted by Gasteiger charge is 2.29. The number of nitrogens with zero attached hydrogens (tertiary/aromatic N) is 5. The van der Waals surface area contributed by atoms with Gasteiger partial charge in [0.05, 0.1) is 5.52 Å². The van der Waals surface area contributed by atoms with Crippen molar-refractivity contribution in [2.75, 3.05) is 18.0 Å². The van der Waals surface area contributed by atoms with Gasteiger partial charge in [-0.3, -0.25) is 0 Å². The summed E-state index contributed by atoms with van der Waals surface area (Å²) < 4.78 is 2.21. The van der Waals surface area contributed by atoms with E-state index in [0.717, 1.165) is 47.2 Å². The fraction of sp³-hybridized carbons (Fsp3) is 0.312. The fourth-order valence-corrected chi connectivity index (χ4v) is 3.17. The van der Waals surface area contributed by atoms with E-state index < -0.39 is 0 Å². The van der Waals surface area contributed by atoms with Gasteiger partial charge in [0.15, 0.2) is 0 Å². The molecule has 0 radical (unpaired) electrons. The van der Waals surface area contributed by atoms with E-state index >= 15 is 0 Å². The van der Waals surface area contributed by atoms with Crippen LogP contribution in [-0.2, 0) is 6.54 Å². The lowest BCUT2D eigenvalue weighted by Gasteiger charge is -2.40. The first-order valence-corrected chi connectivity index (χ1v) is 7.71. The van der Waals surface area contributed by atoms with Gasteiger partial charge in [0.25, 0.3) is 0 Å². The van der Waals surface area contributed by atoms with Crippen LogP contribution in [0.5, 0.6) is 0 Å². The van der Waals surface area contributed by atoms with E-state index in [4.69, 9.17) is 11.6 Å². The molecule has 22 heavy (non-hydrogen) atoms. The summed E-state index contributed by atoms with van der Waals surface area (Å²) in [5.74, 6) is 2.67. The quantitative estimate of drug-likeness (QED) is 0.746. The molecule has 1 saturated heterocycles. The zero-order chi connectivity index (χ0) is 15.1. The number of imidazole rings is 1. The number of anilines is 1. The molecule has 1 aliphatic rings. The van der Waals surface area contributed by atoms with Crippen molar-refractivity contribution in [3.05, 3.63) is 47.8 Å². The Bertz CT molecular complexity index is 822. The third kappa shape index (κ3) is 2.31. The van der Waals surface area contributed by atoms with Gasteiger partial charge in [-0.2, -0.15) is 0 Å². The maximum atomic E-state index is 6.11. The van der Waals surface area contributed by atoms with Crippen molar-refractivity contribution >= 4 is 28.3 Å². The number of rotatable bonds is 3. The fourth-order valence-electron chi connectivity index (χ4n) is 3.00. The Morgan fingerprint density at radius 1 is 1.23 bits per heavy atom. The zero-order valence-electron chi connectivity index (χ0n) is 12.3. The monoisotopic (exact) mass is 313 g/mol. The van der Waals surface area contributed by atoms with Crippen molar-refractivity contribution < 1.29 is 0 Å². The summed E-state index contributed by atoms with van der Waals surface area (Å²) in [6.07, 6.45) is 5.52. The van der Waals surface area contributed by atoms with E-state index in [1.807, 2.05) is 37.5 Å². The molecule has 0 spiro atoms. The molecule has 6 heteroatoms. The molecule has 1 fully saturated rings. The summed E-state index contributed by atoms with van der Waals surface area (Å²) >= 11 is 6.11. The summed E-state index contributed by atoms with van der Waals surface area (Å²) in [5.41, 5.74) is 0.934.